The van der Waals surface area contributed by atoms with Crippen molar-refractivity contribution in [3.05, 3.63) is 34.9 Å². The Balaban J connectivity index is 1.48. The highest BCUT2D eigenvalue weighted by Crippen LogP contribution is 2.31. The molecule has 8 nitrogen and oxygen atoms in total. The van der Waals surface area contributed by atoms with E-state index in [2.05, 4.69) is 15.3 Å². The zero-order chi connectivity index (χ0) is 22.0. The SMILES string of the molecule is O=C(c1cc(C(F)(F)F)[nH]n1)N1CCC[C@H](c2[nH]ncc2C(=O)N2CCCCCC2)C1. The average Bonchev–Trinajstić information content (AvgIpc) is 3.37. The van der Waals surface area contributed by atoms with E-state index in [4.69, 9.17) is 0 Å². The number of nitrogens with zero attached hydrogens (tertiary/aromatic N) is 4. The third-order valence-electron chi connectivity index (χ3n) is 6.01. The zero-order valence-corrected chi connectivity index (χ0v) is 17.0. The Morgan fingerprint density at radius 2 is 1.68 bits per heavy atom. The first-order chi connectivity index (χ1) is 14.8. The van der Waals surface area contributed by atoms with Gasteiger partial charge in [-0.25, -0.2) is 0 Å². The van der Waals surface area contributed by atoms with E-state index >= 15 is 0 Å². The Kier molecular flexibility index (Phi) is 6.01. The molecule has 2 aromatic heterocycles. The van der Waals surface area contributed by atoms with E-state index in [0.717, 1.165) is 51.3 Å². The van der Waals surface area contributed by atoms with Crippen LogP contribution in [0.5, 0.6) is 0 Å². The first-order valence-corrected chi connectivity index (χ1v) is 10.6. The monoisotopic (exact) mass is 438 g/mol. The van der Waals surface area contributed by atoms with Crippen LogP contribution >= 0.6 is 0 Å². The standard InChI is InChI=1S/C20H25F3N6O2/c21-20(22,23)16-10-15(25-26-16)19(31)29-9-5-6-13(12-29)17-14(11-24-27-17)18(30)28-7-3-1-2-4-8-28/h10-11,13H,1-9,12H2,(H,24,27)(H,25,26)/t13-/m0/s1. The van der Waals surface area contributed by atoms with Crippen LogP contribution in [0.3, 0.4) is 0 Å². The summed E-state index contributed by atoms with van der Waals surface area (Å²) in [5.74, 6) is -0.764. The van der Waals surface area contributed by atoms with Crippen molar-refractivity contribution in [2.75, 3.05) is 26.2 Å². The van der Waals surface area contributed by atoms with Gasteiger partial charge in [-0.3, -0.25) is 19.8 Å². The molecule has 31 heavy (non-hydrogen) atoms. The Hall–Kier alpha value is -2.85. The van der Waals surface area contributed by atoms with Crippen molar-refractivity contribution in [3.8, 4) is 0 Å². The van der Waals surface area contributed by atoms with E-state index in [1.807, 2.05) is 10.00 Å². The molecular formula is C20H25F3N6O2. The van der Waals surface area contributed by atoms with Gasteiger partial charge in [0.05, 0.1) is 17.5 Å². The number of piperidine rings is 1. The number of carbonyl (C=O) groups excluding carboxylic acids is 2. The highest BCUT2D eigenvalue weighted by molar-refractivity contribution is 5.95. The summed E-state index contributed by atoms with van der Waals surface area (Å²) in [5.41, 5.74) is -0.119. The molecular weight excluding hydrogens is 413 g/mol. The largest absolute Gasteiger partial charge is 0.432 e. The van der Waals surface area contributed by atoms with Crippen molar-refractivity contribution in [3.63, 3.8) is 0 Å². The molecule has 11 heteroatoms. The van der Waals surface area contributed by atoms with E-state index in [0.29, 0.717) is 24.2 Å². The molecule has 2 aromatic rings. The van der Waals surface area contributed by atoms with Crippen LogP contribution in [0.1, 0.15) is 76.7 Å². The second-order valence-corrected chi connectivity index (χ2v) is 8.16. The van der Waals surface area contributed by atoms with Gasteiger partial charge >= 0.3 is 6.18 Å². The molecule has 0 spiro atoms. The van der Waals surface area contributed by atoms with Crippen LogP contribution in [0, 0.1) is 0 Å². The smallest absolute Gasteiger partial charge is 0.339 e. The fourth-order valence-corrected chi connectivity index (χ4v) is 4.36. The molecule has 2 aliphatic heterocycles. The van der Waals surface area contributed by atoms with Crippen molar-refractivity contribution in [2.45, 2.75) is 50.6 Å². The van der Waals surface area contributed by atoms with E-state index in [9.17, 15) is 22.8 Å². The maximum atomic E-state index is 13.1. The maximum absolute atomic E-state index is 13.1. The lowest BCUT2D eigenvalue weighted by Crippen LogP contribution is -2.40. The molecule has 0 radical (unpaired) electrons. The van der Waals surface area contributed by atoms with E-state index < -0.39 is 17.8 Å². The van der Waals surface area contributed by atoms with Gasteiger partial charge in [-0.1, -0.05) is 12.8 Å². The Bertz CT molecular complexity index is 929. The van der Waals surface area contributed by atoms with Crippen LogP contribution in [0.25, 0.3) is 0 Å². The van der Waals surface area contributed by atoms with Crippen LogP contribution in [0.4, 0.5) is 13.2 Å². The van der Waals surface area contributed by atoms with Gasteiger partial charge in [0.1, 0.15) is 5.69 Å². The normalized spacial score (nSPS) is 20.5. The van der Waals surface area contributed by atoms with Crippen molar-refractivity contribution in [1.29, 1.82) is 0 Å². The number of nitrogens with one attached hydrogen (secondary N) is 2. The Morgan fingerprint density at radius 1 is 0.968 bits per heavy atom. The van der Waals surface area contributed by atoms with Gasteiger partial charge in [-0.15, -0.1) is 0 Å². The fourth-order valence-electron chi connectivity index (χ4n) is 4.36. The molecule has 2 aliphatic rings. The predicted molar refractivity (Wildman–Crippen MR) is 104 cm³/mol. The molecule has 0 aliphatic carbocycles. The molecule has 168 valence electrons. The summed E-state index contributed by atoms with van der Waals surface area (Å²) in [7, 11) is 0. The lowest BCUT2D eigenvalue weighted by Gasteiger charge is -2.32. The van der Waals surface area contributed by atoms with Crippen LogP contribution in [0.15, 0.2) is 12.3 Å². The van der Waals surface area contributed by atoms with Crippen LogP contribution in [-0.2, 0) is 6.18 Å². The van der Waals surface area contributed by atoms with Crippen molar-refractivity contribution < 1.29 is 22.8 Å². The Labute approximate surface area is 177 Å². The van der Waals surface area contributed by atoms with Gasteiger partial charge in [0.2, 0.25) is 0 Å². The number of rotatable bonds is 3. The summed E-state index contributed by atoms with van der Waals surface area (Å²) < 4.78 is 38.4. The molecule has 0 aromatic carbocycles. The molecule has 4 heterocycles. The molecule has 0 bridgehead atoms. The van der Waals surface area contributed by atoms with Gasteiger partial charge in [0, 0.05) is 38.2 Å². The summed E-state index contributed by atoms with van der Waals surface area (Å²) in [6.07, 6.45) is 2.56. The number of halogens is 3. The number of amides is 2. The van der Waals surface area contributed by atoms with Gasteiger partial charge in [0.15, 0.2) is 5.69 Å². The van der Waals surface area contributed by atoms with Crippen molar-refractivity contribution in [2.24, 2.45) is 0 Å². The van der Waals surface area contributed by atoms with Crippen LogP contribution < -0.4 is 0 Å². The number of hydrogen-bond donors (Lipinski definition) is 2. The molecule has 0 saturated carbocycles. The second kappa shape index (κ2) is 8.72. The molecule has 0 unspecified atom stereocenters. The molecule has 1 atom stereocenters. The number of aromatic amines is 2. The van der Waals surface area contributed by atoms with Crippen LogP contribution in [0.2, 0.25) is 0 Å². The molecule has 2 N–H and O–H groups in total. The number of carbonyl (C=O) groups is 2. The maximum Gasteiger partial charge on any atom is 0.432 e. The lowest BCUT2D eigenvalue weighted by molar-refractivity contribution is -0.141. The predicted octanol–water partition coefficient (Wildman–Crippen LogP) is 3.19. The van der Waals surface area contributed by atoms with Gasteiger partial charge in [-0.2, -0.15) is 23.4 Å². The van der Waals surface area contributed by atoms with Crippen LogP contribution in [-0.4, -0.2) is 68.2 Å². The number of likely N-dealkylation sites (tertiary alicyclic amines) is 2. The minimum Gasteiger partial charge on any atom is -0.339 e. The minimum atomic E-state index is -4.59. The summed E-state index contributed by atoms with van der Waals surface area (Å²) in [5, 5.41) is 12.4. The van der Waals surface area contributed by atoms with Gasteiger partial charge in [0.25, 0.3) is 11.8 Å². The summed E-state index contributed by atoms with van der Waals surface area (Å²) in [4.78, 5) is 29.2. The van der Waals surface area contributed by atoms with Gasteiger partial charge in [-0.05, 0) is 25.7 Å². The highest BCUT2D eigenvalue weighted by Gasteiger charge is 2.36. The quantitative estimate of drug-likeness (QED) is 0.769. The van der Waals surface area contributed by atoms with Gasteiger partial charge < -0.3 is 9.80 Å². The summed E-state index contributed by atoms with van der Waals surface area (Å²) in [6, 6.07) is 0.733. The van der Waals surface area contributed by atoms with Crippen molar-refractivity contribution >= 4 is 11.8 Å². The number of alkyl halides is 3. The molecule has 4 rings (SSSR count). The van der Waals surface area contributed by atoms with Crippen molar-refractivity contribution in [1.82, 2.24) is 30.2 Å². The third-order valence-corrected chi connectivity index (χ3v) is 6.01. The average molecular weight is 438 g/mol. The van der Waals surface area contributed by atoms with E-state index in [1.54, 1.807) is 0 Å². The highest BCUT2D eigenvalue weighted by atomic mass is 19.4. The first kappa shape index (κ1) is 21.4. The second-order valence-electron chi connectivity index (χ2n) is 8.16. The fraction of sp³-hybridized carbons (Fsp3) is 0.600. The first-order valence-electron chi connectivity index (χ1n) is 10.6. The summed E-state index contributed by atoms with van der Waals surface area (Å²) in [6.45, 7) is 2.15. The molecule has 2 saturated heterocycles. The lowest BCUT2D eigenvalue weighted by atomic mass is 9.92. The van der Waals surface area contributed by atoms with E-state index in [1.165, 1.54) is 11.1 Å². The number of H-pyrrole nitrogens is 2. The van der Waals surface area contributed by atoms with E-state index in [-0.39, 0.29) is 24.1 Å². The zero-order valence-electron chi connectivity index (χ0n) is 17.0. The third kappa shape index (κ3) is 4.59. The molecule has 2 fully saturated rings. The number of aromatic nitrogens is 4. The Morgan fingerprint density at radius 3 is 2.35 bits per heavy atom. The summed E-state index contributed by atoms with van der Waals surface area (Å²) >= 11 is 0. The topological polar surface area (TPSA) is 98.0 Å². The minimum absolute atomic E-state index is 0.0591. The molecule has 2 amide bonds. The number of hydrogen-bond acceptors (Lipinski definition) is 4.